The first-order chi connectivity index (χ1) is 13.6. The molecule has 0 spiro atoms. The number of piperidine rings is 1. The van der Waals surface area contributed by atoms with Crippen molar-refractivity contribution in [2.75, 3.05) is 31.5 Å². The number of nitriles is 1. The molecule has 1 N–H and O–H groups in total. The summed E-state index contributed by atoms with van der Waals surface area (Å²) >= 11 is 0. The van der Waals surface area contributed by atoms with E-state index in [1.165, 1.54) is 4.90 Å². The Morgan fingerprint density at radius 1 is 1.29 bits per heavy atom. The van der Waals surface area contributed by atoms with E-state index in [4.69, 9.17) is 5.26 Å². The van der Waals surface area contributed by atoms with Crippen molar-refractivity contribution in [2.45, 2.75) is 37.5 Å². The number of hydrogen-bond donors (Lipinski definition) is 1. The monoisotopic (exact) mass is 381 g/mol. The molecule has 2 aliphatic rings. The highest BCUT2D eigenvalue weighted by atomic mass is 19.1. The Balaban J connectivity index is 1.28. The van der Waals surface area contributed by atoms with Crippen LogP contribution in [-0.2, 0) is 4.79 Å². The summed E-state index contributed by atoms with van der Waals surface area (Å²) in [5, 5.41) is 14.9. The van der Waals surface area contributed by atoms with Crippen LogP contribution in [0.1, 0.15) is 19.3 Å². The van der Waals surface area contributed by atoms with Crippen LogP contribution in [-0.4, -0.2) is 65.1 Å². The van der Waals surface area contributed by atoms with E-state index >= 15 is 0 Å². The lowest BCUT2D eigenvalue weighted by atomic mass is 10.0. The van der Waals surface area contributed by atoms with Crippen molar-refractivity contribution in [2.24, 2.45) is 0 Å². The number of rotatable bonds is 4. The predicted octanol–water partition coefficient (Wildman–Crippen LogP) is 2.57. The Hall–Kier alpha value is -2.72. The second kappa shape index (κ2) is 8.11. The van der Waals surface area contributed by atoms with E-state index in [-0.39, 0.29) is 25.4 Å². The van der Waals surface area contributed by atoms with Gasteiger partial charge in [-0.05, 0) is 24.3 Å². The minimum absolute atomic E-state index is 0.0444. The molecule has 7 heteroatoms. The number of hydrogen-bond acceptors (Lipinski definition) is 5. The minimum atomic E-state index is -1.09. The third-order valence-corrected chi connectivity index (χ3v) is 5.65. The van der Waals surface area contributed by atoms with E-state index in [0.717, 1.165) is 42.5 Å². The lowest BCUT2D eigenvalue weighted by Crippen LogP contribution is -2.46. The number of fused-ring (bicyclic) bond motifs is 1. The second-order valence-electron chi connectivity index (χ2n) is 7.64. The molecule has 0 aliphatic carbocycles. The Morgan fingerprint density at radius 3 is 2.79 bits per heavy atom. The summed E-state index contributed by atoms with van der Waals surface area (Å²) in [7, 11) is 0. The van der Waals surface area contributed by atoms with Gasteiger partial charge in [-0.2, -0.15) is 5.26 Å². The molecule has 0 bridgehead atoms. The number of amides is 1. The number of nitrogens with one attached hydrogen (secondary N) is 1. The van der Waals surface area contributed by atoms with Gasteiger partial charge in [0.25, 0.3) is 0 Å². The van der Waals surface area contributed by atoms with Gasteiger partial charge in [0.15, 0.2) is 0 Å². The number of anilines is 1. The number of pyridine rings is 1. The zero-order chi connectivity index (χ0) is 19.5. The molecule has 0 saturated carbocycles. The second-order valence-corrected chi connectivity index (χ2v) is 7.64. The standard InChI is InChI=1S/C21H24FN5O/c22-17-10-19(11-23)27(13-17)21(28)14-26-7-5-18(6-8-26)25-20-9-15-3-1-2-4-16(15)12-24-20/h1-4,9,12,17-19H,5-8,10,13-14H2,(H,24,25)/t17-,19?/m0/s1. The van der Waals surface area contributed by atoms with Gasteiger partial charge in [0.05, 0.1) is 19.2 Å². The number of benzene rings is 1. The molecule has 6 nitrogen and oxygen atoms in total. The first kappa shape index (κ1) is 18.6. The number of carbonyl (C=O) groups excluding carboxylic acids is 1. The SMILES string of the molecule is N#CC1C[C@H](F)CN1C(=O)CN1CCC(Nc2cc3ccccc3cn2)CC1. The number of halogens is 1. The van der Waals surface area contributed by atoms with Crippen LogP contribution in [0, 0.1) is 11.3 Å². The largest absolute Gasteiger partial charge is 0.367 e. The lowest BCUT2D eigenvalue weighted by Gasteiger charge is -2.33. The highest BCUT2D eigenvalue weighted by Crippen LogP contribution is 2.22. The van der Waals surface area contributed by atoms with Gasteiger partial charge in [-0.1, -0.05) is 24.3 Å². The molecular formula is C21H24FN5O. The Kier molecular flexibility index (Phi) is 5.40. The van der Waals surface area contributed by atoms with Gasteiger partial charge in [-0.25, -0.2) is 9.37 Å². The summed E-state index contributed by atoms with van der Waals surface area (Å²) in [6.45, 7) is 1.89. The average Bonchev–Trinajstić information content (AvgIpc) is 3.10. The quantitative estimate of drug-likeness (QED) is 0.881. The van der Waals surface area contributed by atoms with E-state index in [1.807, 2.05) is 30.5 Å². The van der Waals surface area contributed by atoms with Crippen molar-refractivity contribution in [1.82, 2.24) is 14.8 Å². The van der Waals surface area contributed by atoms with Crippen LogP contribution in [0.5, 0.6) is 0 Å². The molecule has 0 radical (unpaired) electrons. The molecule has 2 fully saturated rings. The molecule has 1 aromatic carbocycles. The Labute approximate surface area is 163 Å². The Bertz CT molecular complexity index is 890. The molecule has 1 unspecified atom stereocenters. The smallest absolute Gasteiger partial charge is 0.237 e. The molecule has 28 heavy (non-hydrogen) atoms. The highest BCUT2D eigenvalue weighted by Gasteiger charge is 2.36. The number of aromatic nitrogens is 1. The fourth-order valence-corrected chi connectivity index (χ4v) is 4.07. The van der Waals surface area contributed by atoms with E-state index in [2.05, 4.69) is 27.3 Å². The van der Waals surface area contributed by atoms with Crippen LogP contribution in [0.25, 0.3) is 10.8 Å². The van der Waals surface area contributed by atoms with Crippen LogP contribution in [0.4, 0.5) is 10.2 Å². The third kappa shape index (κ3) is 4.07. The maximum atomic E-state index is 13.5. The number of alkyl halides is 1. The Morgan fingerprint density at radius 2 is 2.04 bits per heavy atom. The zero-order valence-corrected chi connectivity index (χ0v) is 15.7. The van der Waals surface area contributed by atoms with E-state index in [1.54, 1.807) is 0 Å². The molecule has 1 amide bonds. The maximum absolute atomic E-state index is 13.5. The molecule has 2 saturated heterocycles. The van der Waals surface area contributed by atoms with E-state index in [9.17, 15) is 9.18 Å². The van der Waals surface area contributed by atoms with Crippen molar-refractivity contribution in [3.8, 4) is 6.07 Å². The minimum Gasteiger partial charge on any atom is -0.367 e. The number of nitrogens with zero attached hydrogens (tertiary/aromatic N) is 4. The molecule has 2 atom stereocenters. The van der Waals surface area contributed by atoms with Crippen LogP contribution in [0.2, 0.25) is 0 Å². The van der Waals surface area contributed by atoms with Gasteiger partial charge in [0, 0.05) is 37.1 Å². The predicted molar refractivity (Wildman–Crippen MR) is 105 cm³/mol. The van der Waals surface area contributed by atoms with Crippen LogP contribution in [0.15, 0.2) is 36.5 Å². The summed E-state index contributed by atoms with van der Waals surface area (Å²) in [6.07, 6.45) is 2.75. The molecule has 1 aromatic heterocycles. The van der Waals surface area contributed by atoms with Crippen molar-refractivity contribution in [3.05, 3.63) is 36.5 Å². The van der Waals surface area contributed by atoms with Crippen molar-refractivity contribution >= 4 is 22.5 Å². The molecule has 4 rings (SSSR count). The van der Waals surface area contributed by atoms with Crippen molar-refractivity contribution in [3.63, 3.8) is 0 Å². The van der Waals surface area contributed by atoms with Gasteiger partial charge >= 0.3 is 0 Å². The topological polar surface area (TPSA) is 72.3 Å². The van der Waals surface area contributed by atoms with E-state index in [0.29, 0.717) is 6.04 Å². The molecule has 2 aliphatic heterocycles. The maximum Gasteiger partial charge on any atom is 0.237 e. The van der Waals surface area contributed by atoms with Crippen LogP contribution >= 0.6 is 0 Å². The lowest BCUT2D eigenvalue weighted by molar-refractivity contribution is -0.132. The number of carbonyl (C=O) groups is 1. The molecule has 2 aromatic rings. The van der Waals surface area contributed by atoms with Gasteiger partial charge < -0.3 is 10.2 Å². The summed E-state index contributed by atoms with van der Waals surface area (Å²) in [5.74, 6) is 0.727. The van der Waals surface area contributed by atoms with Gasteiger partial charge in [-0.3, -0.25) is 9.69 Å². The fraction of sp³-hybridized carbons (Fsp3) is 0.476. The van der Waals surface area contributed by atoms with Crippen molar-refractivity contribution in [1.29, 1.82) is 5.26 Å². The molecule has 146 valence electrons. The van der Waals surface area contributed by atoms with Gasteiger partial charge in [0.2, 0.25) is 5.91 Å². The number of likely N-dealkylation sites (tertiary alicyclic amines) is 2. The normalized spacial score (nSPS) is 23.6. The van der Waals surface area contributed by atoms with Crippen LogP contribution < -0.4 is 5.32 Å². The van der Waals surface area contributed by atoms with Gasteiger partial charge in [0.1, 0.15) is 18.0 Å². The summed E-state index contributed by atoms with van der Waals surface area (Å²) < 4.78 is 13.5. The average molecular weight is 381 g/mol. The molecule has 3 heterocycles. The highest BCUT2D eigenvalue weighted by molar-refractivity contribution is 5.83. The summed E-state index contributed by atoms with van der Waals surface area (Å²) in [4.78, 5) is 20.4. The van der Waals surface area contributed by atoms with Crippen LogP contribution in [0.3, 0.4) is 0 Å². The zero-order valence-electron chi connectivity index (χ0n) is 15.7. The summed E-state index contributed by atoms with van der Waals surface area (Å²) in [6, 6.07) is 11.9. The third-order valence-electron chi connectivity index (χ3n) is 5.65. The molecular weight excluding hydrogens is 357 g/mol. The van der Waals surface area contributed by atoms with E-state index < -0.39 is 12.2 Å². The first-order valence-electron chi connectivity index (χ1n) is 9.79. The summed E-state index contributed by atoms with van der Waals surface area (Å²) in [5.41, 5.74) is 0. The fourth-order valence-electron chi connectivity index (χ4n) is 4.07. The first-order valence-corrected chi connectivity index (χ1v) is 9.79. The van der Waals surface area contributed by atoms with Gasteiger partial charge in [-0.15, -0.1) is 0 Å². The van der Waals surface area contributed by atoms with Crippen molar-refractivity contribution < 1.29 is 9.18 Å².